The number of carbonyl (C=O) groups excluding carboxylic acids is 2. The van der Waals surface area contributed by atoms with Gasteiger partial charge in [-0.25, -0.2) is 0 Å². The lowest BCUT2D eigenvalue weighted by Crippen LogP contribution is -2.39. The van der Waals surface area contributed by atoms with Crippen LogP contribution in [0.2, 0.25) is 0 Å². The zero-order valence-corrected chi connectivity index (χ0v) is 6.19. The zero-order valence-electron chi connectivity index (χ0n) is 5.30. The average molecular weight is 182 g/mol. The molecule has 0 spiro atoms. The molecule has 0 atom stereocenters. The normalized spacial score (nSPS) is 11.5. The van der Waals surface area contributed by atoms with Crippen LogP contribution in [-0.4, -0.2) is 27.3 Å². The molecule has 0 unspecified atom stereocenters. The van der Waals surface area contributed by atoms with Crippen molar-refractivity contribution in [3.05, 3.63) is 0 Å². The first kappa shape index (κ1) is 10.1. The highest BCUT2D eigenvalue weighted by Gasteiger charge is 2.39. The van der Waals surface area contributed by atoms with Gasteiger partial charge in [-0.05, 0) is 0 Å². The molecule has 11 heavy (non-hydrogen) atoms. The van der Waals surface area contributed by atoms with Gasteiger partial charge in [-0.15, -0.1) is 0 Å². The third kappa shape index (κ3) is 2.67. The molecule has 0 aromatic rings. The summed E-state index contributed by atoms with van der Waals surface area (Å²) in [4.78, 5) is 37.1. The third-order valence-electron chi connectivity index (χ3n) is 0.875. The Morgan fingerprint density at radius 2 is 1.45 bits per heavy atom. The predicted octanol–water partition coefficient (Wildman–Crippen LogP) is -2.50. The predicted molar refractivity (Wildman–Crippen MR) is 34.2 cm³/mol. The lowest BCUT2D eigenvalue weighted by Gasteiger charge is -2.09. The highest BCUT2D eigenvalue weighted by molar-refractivity contribution is 7.55. The maximum atomic E-state index is 10.3. The summed E-state index contributed by atoms with van der Waals surface area (Å²) in [5.41, 5.74) is 6.76. The van der Waals surface area contributed by atoms with E-state index in [-0.39, 0.29) is 0 Å². The van der Waals surface area contributed by atoms with Crippen molar-refractivity contribution in [1.29, 1.82) is 0 Å². The molecule has 8 heteroatoms. The van der Waals surface area contributed by atoms with Gasteiger partial charge in [-0.3, -0.25) is 14.2 Å². The van der Waals surface area contributed by atoms with Crippen LogP contribution in [-0.2, 0) is 14.2 Å². The van der Waals surface area contributed by atoms with Crippen LogP contribution < -0.4 is 11.5 Å². The molecule has 0 aromatic heterocycles. The molecule has 0 aliphatic carbocycles. The molecule has 0 bridgehead atoms. The van der Waals surface area contributed by atoms with Gasteiger partial charge in [-0.1, -0.05) is 0 Å². The molecular weight excluding hydrogens is 175 g/mol. The average Bonchev–Trinajstić information content (AvgIpc) is 1.54. The van der Waals surface area contributed by atoms with Crippen LogP contribution in [0.3, 0.4) is 0 Å². The molecule has 0 fully saturated rings. The molecule has 0 rings (SSSR count). The Morgan fingerprint density at radius 3 is 1.45 bits per heavy atom. The van der Waals surface area contributed by atoms with Crippen LogP contribution >= 0.6 is 7.60 Å². The van der Waals surface area contributed by atoms with Gasteiger partial charge in [-0.2, -0.15) is 0 Å². The molecule has 0 aliphatic rings. The van der Waals surface area contributed by atoms with E-state index in [0.29, 0.717) is 0 Å². The Labute approximate surface area is 61.5 Å². The van der Waals surface area contributed by atoms with E-state index in [1.165, 1.54) is 0 Å². The lowest BCUT2D eigenvalue weighted by molar-refractivity contribution is -0.125. The Balaban J connectivity index is 4.78. The van der Waals surface area contributed by atoms with Crippen molar-refractivity contribution in [3.63, 3.8) is 0 Å². The summed E-state index contributed by atoms with van der Waals surface area (Å²) in [5, 5.41) is 0. The van der Waals surface area contributed by atoms with Crippen LogP contribution in [0.25, 0.3) is 0 Å². The summed E-state index contributed by atoms with van der Waals surface area (Å²) < 4.78 is 10.3. The fraction of sp³-hybridized carbons (Fsp3) is 0.333. The number of primary amides is 2. The third-order valence-corrected chi connectivity index (χ3v) is 2.06. The second-order valence-corrected chi connectivity index (χ2v) is 3.49. The van der Waals surface area contributed by atoms with Crippen molar-refractivity contribution in [3.8, 4) is 0 Å². The van der Waals surface area contributed by atoms with Gasteiger partial charge in [0.05, 0.1) is 0 Å². The Bertz CT molecular complexity index is 218. The van der Waals surface area contributed by atoms with Crippen molar-refractivity contribution in [1.82, 2.24) is 0 Å². The summed E-state index contributed by atoms with van der Waals surface area (Å²) in [6.45, 7) is 0. The first-order valence-electron chi connectivity index (χ1n) is 2.40. The minimum atomic E-state index is -4.84. The molecular formula is C3H7N2O5P. The number of rotatable bonds is 3. The summed E-state index contributed by atoms with van der Waals surface area (Å²) in [5.74, 6) is -2.85. The quantitative estimate of drug-likeness (QED) is 0.281. The van der Waals surface area contributed by atoms with Gasteiger partial charge in [0, 0.05) is 0 Å². The molecule has 0 aliphatic heterocycles. The number of nitrogens with two attached hydrogens (primary N) is 2. The van der Waals surface area contributed by atoms with E-state index in [2.05, 4.69) is 11.5 Å². The molecule has 0 radical (unpaired) electrons. The molecule has 0 aromatic carbocycles. The minimum Gasteiger partial charge on any atom is -0.368 e. The molecule has 6 N–H and O–H groups in total. The van der Waals surface area contributed by atoms with Crippen molar-refractivity contribution in [2.45, 2.75) is 5.66 Å². The van der Waals surface area contributed by atoms with E-state index in [1.54, 1.807) is 0 Å². The van der Waals surface area contributed by atoms with Crippen LogP contribution in [0.4, 0.5) is 0 Å². The molecule has 64 valence electrons. The fourth-order valence-electron chi connectivity index (χ4n) is 0.472. The highest BCUT2D eigenvalue weighted by atomic mass is 31.2. The lowest BCUT2D eigenvalue weighted by atomic mass is 10.4. The standard InChI is InChI=1S/C3H7N2O5P/c4-2(6)1(3(5)7)11(8,9)10/h1H,(H2,4,6)(H2,5,7)(H2,8,9,10). The fourth-order valence-corrected chi connectivity index (χ4v) is 1.13. The number of hydrogen-bond acceptors (Lipinski definition) is 3. The molecule has 7 nitrogen and oxygen atoms in total. The van der Waals surface area contributed by atoms with Crippen LogP contribution in [0, 0.1) is 0 Å². The van der Waals surface area contributed by atoms with Gasteiger partial charge < -0.3 is 21.3 Å². The Hall–Kier alpha value is -0.910. The summed E-state index contributed by atoms with van der Waals surface area (Å²) >= 11 is 0. The highest BCUT2D eigenvalue weighted by Crippen LogP contribution is 2.40. The first-order valence-corrected chi connectivity index (χ1v) is 4.09. The van der Waals surface area contributed by atoms with Gasteiger partial charge >= 0.3 is 7.60 Å². The first-order chi connectivity index (χ1) is 4.76. The van der Waals surface area contributed by atoms with E-state index in [0.717, 1.165) is 0 Å². The van der Waals surface area contributed by atoms with Crippen molar-refractivity contribution < 1.29 is 23.9 Å². The summed E-state index contributed by atoms with van der Waals surface area (Å²) in [7, 11) is -4.84. The van der Waals surface area contributed by atoms with Crippen LogP contribution in [0.1, 0.15) is 0 Å². The van der Waals surface area contributed by atoms with Crippen LogP contribution in [0.5, 0.6) is 0 Å². The SMILES string of the molecule is NC(=O)C(C(N)=O)P(=O)(O)O. The number of carbonyl (C=O) groups is 2. The van der Waals surface area contributed by atoms with Crippen molar-refractivity contribution >= 4 is 19.4 Å². The van der Waals surface area contributed by atoms with Crippen LogP contribution in [0.15, 0.2) is 0 Å². The van der Waals surface area contributed by atoms with Crippen molar-refractivity contribution in [2.75, 3.05) is 0 Å². The molecule has 0 saturated carbocycles. The number of amides is 2. The number of hydrogen-bond donors (Lipinski definition) is 4. The maximum Gasteiger partial charge on any atom is 0.347 e. The second-order valence-electron chi connectivity index (χ2n) is 1.80. The molecule has 0 heterocycles. The Kier molecular flexibility index (Phi) is 2.75. The van der Waals surface area contributed by atoms with Gasteiger partial charge in [0.2, 0.25) is 17.5 Å². The monoisotopic (exact) mass is 182 g/mol. The van der Waals surface area contributed by atoms with Gasteiger partial charge in [0.25, 0.3) is 0 Å². The molecule has 2 amide bonds. The second kappa shape index (κ2) is 3.00. The minimum absolute atomic E-state index is 1.43. The van der Waals surface area contributed by atoms with E-state index in [4.69, 9.17) is 9.79 Å². The summed E-state index contributed by atoms with van der Waals surface area (Å²) in [6, 6.07) is 0. The molecule has 0 saturated heterocycles. The van der Waals surface area contributed by atoms with E-state index < -0.39 is 25.1 Å². The van der Waals surface area contributed by atoms with Gasteiger partial charge in [0.15, 0.2) is 0 Å². The van der Waals surface area contributed by atoms with Gasteiger partial charge in [0.1, 0.15) is 0 Å². The smallest absolute Gasteiger partial charge is 0.347 e. The van der Waals surface area contributed by atoms with E-state index >= 15 is 0 Å². The Morgan fingerprint density at radius 1 is 1.18 bits per heavy atom. The zero-order chi connectivity index (χ0) is 9.23. The largest absolute Gasteiger partial charge is 0.368 e. The topological polar surface area (TPSA) is 144 Å². The summed E-state index contributed by atoms with van der Waals surface area (Å²) in [6.07, 6.45) is 0. The van der Waals surface area contributed by atoms with Crippen molar-refractivity contribution in [2.24, 2.45) is 11.5 Å². The van der Waals surface area contributed by atoms with E-state index in [9.17, 15) is 14.2 Å². The maximum absolute atomic E-state index is 10.3. The van der Waals surface area contributed by atoms with E-state index in [1.807, 2.05) is 0 Å².